The minimum absolute atomic E-state index is 0.0527. The van der Waals surface area contributed by atoms with E-state index in [2.05, 4.69) is 10.3 Å². The number of amides is 1. The lowest BCUT2D eigenvalue weighted by atomic mass is 10.1. The molecule has 0 fully saturated rings. The Balaban J connectivity index is 1.44. The molecular formula is C22H22Cl2N2O3S2. The molecule has 1 amide bonds. The number of nitrogens with zero attached hydrogens (tertiary/aromatic N) is 1. The maximum atomic E-state index is 12.3. The van der Waals surface area contributed by atoms with Crippen LogP contribution in [0.4, 0.5) is 0 Å². The Morgan fingerprint density at radius 1 is 1.13 bits per heavy atom. The third-order valence-electron chi connectivity index (χ3n) is 4.42. The number of carbonyl (C=O) groups excluding carboxylic acids is 1. The quantitative estimate of drug-likeness (QED) is 0.366. The van der Waals surface area contributed by atoms with E-state index in [0.29, 0.717) is 40.3 Å². The number of benzene rings is 2. The highest BCUT2D eigenvalue weighted by atomic mass is 35.5. The largest absolute Gasteiger partial charge is 0.493 e. The SMILES string of the molecule is COc1ccc(CCNC(=O)Cc2csc(SCc3ccc(Cl)cc3Cl)n2)cc1OC. The first-order valence-corrected chi connectivity index (χ1v) is 12.1. The molecule has 164 valence electrons. The van der Waals surface area contributed by atoms with Crippen molar-refractivity contribution in [3.63, 3.8) is 0 Å². The number of hydrogen-bond acceptors (Lipinski definition) is 6. The van der Waals surface area contributed by atoms with Crippen LogP contribution in [-0.4, -0.2) is 31.7 Å². The molecule has 0 aliphatic rings. The van der Waals surface area contributed by atoms with E-state index >= 15 is 0 Å². The third-order valence-corrected chi connectivity index (χ3v) is 7.13. The molecule has 3 rings (SSSR count). The second kappa shape index (κ2) is 11.6. The predicted octanol–water partition coefficient (Wildman–Crippen LogP) is 5.66. The topological polar surface area (TPSA) is 60.5 Å². The molecule has 0 aliphatic heterocycles. The second-order valence-corrected chi connectivity index (χ2v) is 9.52. The maximum absolute atomic E-state index is 12.3. The van der Waals surface area contributed by atoms with Crippen LogP contribution in [0.15, 0.2) is 46.1 Å². The van der Waals surface area contributed by atoms with E-state index in [1.807, 2.05) is 35.7 Å². The summed E-state index contributed by atoms with van der Waals surface area (Å²) in [5.41, 5.74) is 2.82. The highest BCUT2D eigenvalue weighted by Crippen LogP contribution is 2.30. The Bertz CT molecular complexity index is 1040. The van der Waals surface area contributed by atoms with Crippen molar-refractivity contribution in [2.75, 3.05) is 20.8 Å². The molecule has 1 aromatic heterocycles. The van der Waals surface area contributed by atoms with Crippen LogP contribution in [-0.2, 0) is 23.4 Å². The summed E-state index contributed by atoms with van der Waals surface area (Å²) < 4.78 is 11.5. The van der Waals surface area contributed by atoms with Crippen LogP contribution in [0.3, 0.4) is 0 Å². The van der Waals surface area contributed by atoms with Gasteiger partial charge in [-0.2, -0.15) is 0 Å². The summed E-state index contributed by atoms with van der Waals surface area (Å²) in [7, 11) is 3.21. The molecule has 0 bridgehead atoms. The zero-order valence-corrected chi connectivity index (χ0v) is 20.3. The number of nitrogens with one attached hydrogen (secondary N) is 1. The highest BCUT2D eigenvalue weighted by molar-refractivity contribution is 8.00. The summed E-state index contributed by atoms with van der Waals surface area (Å²) in [4.78, 5) is 16.8. The van der Waals surface area contributed by atoms with Gasteiger partial charge in [-0.25, -0.2) is 4.98 Å². The van der Waals surface area contributed by atoms with Crippen LogP contribution in [0, 0.1) is 0 Å². The van der Waals surface area contributed by atoms with E-state index in [1.165, 1.54) is 11.3 Å². The number of thioether (sulfide) groups is 1. The van der Waals surface area contributed by atoms with Crippen LogP contribution < -0.4 is 14.8 Å². The number of aromatic nitrogens is 1. The van der Waals surface area contributed by atoms with Gasteiger partial charge in [0.15, 0.2) is 11.5 Å². The lowest BCUT2D eigenvalue weighted by molar-refractivity contribution is -0.120. The minimum atomic E-state index is -0.0527. The molecule has 0 atom stereocenters. The molecule has 0 unspecified atom stereocenters. The molecule has 31 heavy (non-hydrogen) atoms. The molecule has 5 nitrogen and oxygen atoms in total. The van der Waals surface area contributed by atoms with E-state index < -0.39 is 0 Å². The number of thiazole rings is 1. The van der Waals surface area contributed by atoms with Gasteiger partial charge in [0.25, 0.3) is 0 Å². The number of halogens is 2. The van der Waals surface area contributed by atoms with Crippen molar-refractivity contribution in [3.05, 3.63) is 68.6 Å². The van der Waals surface area contributed by atoms with Crippen molar-refractivity contribution in [1.29, 1.82) is 0 Å². The molecule has 0 saturated carbocycles. The van der Waals surface area contributed by atoms with Gasteiger partial charge in [0.1, 0.15) is 4.34 Å². The summed E-state index contributed by atoms with van der Waals surface area (Å²) in [5.74, 6) is 2.01. The standard InChI is InChI=1S/C22H22Cl2N2O3S2/c1-28-19-6-3-14(9-20(19)29-2)7-8-25-21(27)11-17-13-31-22(26-17)30-12-15-4-5-16(23)10-18(15)24/h3-6,9-10,13H,7-8,11-12H2,1-2H3,(H,25,27). The first kappa shape index (κ1) is 23.7. The van der Waals surface area contributed by atoms with Crippen LogP contribution >= 0.6 is 46.3 Å². The zero-order valence-electron chi connectivity index (χ0n) is 17.1. The molecule has 0 spiro atoms. The van der Waals surface area contributed by atoms with Gasteiger partial charge in [-0.05, 0) is 41.8 Å². The van der Waals surface area contributed by atoms with Crippen LogP contribution in [0.2, 0.25) is 10.0 Å². The summed E-state index contributed by atoms with van der Waals surface area (Å²) in [6.07, 6.45) is 0.955. The number of methoxy groups -OCH3 is 2. The fourth-order valence-electron chi connectivity index (χ4n) is 2.82. The molecule has 3 aromatic rings. The second-order valence-electron chi connectivity index (χ2n) is 6.60. The van der Waals surface area contributed by atoms with Gasteiger partial charge < -0.3 is 14.8 Å². The Morgan fingerprint density at radius 2 is 1.94 bits per heavy atom. The van der Waals surface area contributed by atoms with Gasteiger partial charge in [0, 0.05) is 27.7 Å². The van der Waals surface area contributed by atoms with Crippen LogP contribution in [0.25, 0.3) is 0 Å². The Morgan fingerprint density at radius 3 is 2.68 bits per heavy atom. The molecule has 0 radical (unpaired) electrons. The summed E-state index contributed by atoms with van der Waals surface area (Å²) in [6.45, 7) is 0.537. The normalized spacial score (nSPS) is 10.7. The summed E-state index contributed by atoms with van der Waals surface area (Å²) >= 11 is 15.3. The fourth-order valence-corrected chi connectivity index (χ4v) is 5.23. The first-order valence-electron chi connectivity index (χ1n) is 9.47. The Hall–Kier alpha value is -1.93. The average Bonchev–Trinajstić information content (AvgIpc) is 3.20. The molecule has 1 N–H and O–H groups in total. The van der Waals surface area contributed by atoms with Gasteiger partial charge >= 0.3 is 0 Å². The highest BCUT2D eigenvalue weighted by Gasteiger charge is 2.10. The predicted molar refractivity (Wildman–Crippen MR) is 128 cm³/mol. The molecule has 0 saturated heterocycles. The zero-order chi connectivity index (χ0) is 22.2. The van der Waals surface area contributed by atoms with E-state index in [1.54, 1.807) is 32.0 Å². The smallest absolute Gasteiger partial charge is 0.226 e. The van der Waals surface area contributed by atoms with Gasteiger partial charge in [-0.15, -0.1) is 11.3 Å². The summed E-state index contributed by atoms with van der Waals surface area (Å²) in [5, 5.41) is 6.12. The van der Waals surface area contributed by atoms with Crippen molar-refractivity contribution in [2.45, 2.75) is 22.9 Å². The third kappa shape index (κ3) is 7.04. The Labute approximate surface area is 200 Å². The van der Waals surface area contributed by atoms with Crippen LogP contribution in [0.1, 0.15) is 16.8 Å². The Kier molecular flexibility index (Phi) is 8.90. The number of hydrogen-bond donors (Lipinski definition) is 1. The lowest BCUT2D eigenvalue weighted by Crippen LogP contribution is -2.27. The van der Waals surface area contributed by atoms with E-state index in [0.717, 1.165) is 21.2 Å². The van der Waals surface area contributed by atoms with E-state index in [9.17, 15) is 4.79 Å². The van der Waals surface area contributed by atoms with Crippen LogP contribution in [0.5, 0.6) is 11.5 Å². The van der Waals surface area contributed by atoms with Crippen molar-refractivity contribution in [1.82, 2.24) is 10.3 Å². The molecule has 9 heteroatoms. The van der Waals surface area contributed by atoms with Gasteiger partial charge in [0.2, 0.25) is 5.91 Å². The number of carbonyl (C=O) groups is 1. The minimum Gasteiger partial charge on any atom is -0.493 e. The summed E-state index contributed by atoms with van der Waals surface area (Å²) in [6, 6.07) is 11.2. The van der Waals surface area contributed by atoms with E-state index in [4.69, 9.17) is 32.7 Å². The van der Waals surface area contributed by atoms with Gasteiger partial charge in [-0.1, -0.05) is 47.1 Å². The first-order chi connectivity index (χ1) is 15.0. The van der Waals surface area contributed by atoms with Crippen molar-refractivity contribution < 1.29 is 14.3 Å². The molecule has 0 aliphatic carbocycles. The van der Waals surface area contributed by atoms with Crippen molar-refractivity contribution in [2.24, 2.45) is 0 Å². The lowest BCUT2D eigenvalue weighted by Gasteiger charge is -2.10. The average molecular weight is 497 g/mol. The van der Waals surface area contributed by atoms with Gasteiger partial charge in [0.05, 0.1) is 26.3 Å². The molecule has 1 heterocycles. The molecular weight excluding hydrogens is 475 g/mol. The number of ether oxygens (including phenoxy) is 2. The van der Waals surface area contributed by atoms with Crippen molar-refractivity contribution in [3.8, 4) is 11.5 Å². The fraction of sp³-hybridized carbons (Fsp3) is 0.273. The van der Waals surface area contributed by atoms with E-state index in [-0.39, 0.29) is 12.3 Å². The number of rotatable bonds is 10. The molecule has 2 aromatic carbocycles. The van der Waals surface area contributed by atoms with Crippen molar-refractivity contribution >= 4 is 52.2 Å². The monoisotopic (exact) mass is 496 g/mol. The maximum Gasteiger partial charge on any atom is 0.226 e. The van der Waals surface area contributed by atoms with Gasteiger partial charge in [-0.3, -0.25) is 4.79 Å².